The standard InChI is InChI=1S/C24H24F6N8O/c1-39-22-21-14(12-6-15(25)20-18(7-12)38(35-33-20)11-19(27)28)2-5-37(21)34-23(32-22)31-17-3-4-36(10-16(17)26)13-8-24(29,30)9-13/h2,5-7,13,16-17,19H,3-4,8-11H2,1H3,(H,31,34)/t16-,17+/m1/s1. The Hall–Kier alpha value is -3.62. The van der Waals surface area contributed by atoms with Gasteiger partial charge in [0.15, 0.2) is 5.82 Å². The third-order valence-corrected chi connectivity index (χ3v) is 7.34. The van der Waals surface area contributed by atoms with E-state index in [4.69, 9.17) is 4.74 Å². The van der Waals surface area contributed by atoms with E-state index in [0.29, 0.717) is 29.6 Å². The second-order valence-electron chi connectivity index (χ2n) is 9.92. The van der Waals surface area contributed by atoms with E-state index in [1.807, 2.05) is 0 Å². The van der Waals surface area contributed by atoms with E-state index in [1.54, 1.807) is 17.2 Å². The molecule has 3 aromatic heterocycles. The van der Waals surface area contributed by atoms with E-state index < -0.39 is 36.9 Å². The van der Waals surface area contributed by atoms with E-state index >= 15 is 0 Å². The Morgan fingerprint density at radius 3 is 2.72 bits per heavy atom. The summed E-state index contributed by atoms with van der Waals surface area (Å²) in [5.41, 5.74) is 1.18. The van der Waals surface area contributed by atoms with Crippen LogP contribution in [0.2, 0.25) is 0 Å². The molecule has 0 spiro atoms. The molecule has 1 saturated carbocycles. The molecule has 4 aromatic rings. The van der Waals surface area contributed by atoms with Crippen LogP contribution in [-0.4, -0.2) is 85.3 Å². The van der Waals surface area contributed by atoms with Gasteiger partial charge in [-0.25, -0.2) is 35.5 Å². The van der Waals surface area contributed by atoms with Gasteiger partial charge in [-0.1, -0.05) is 5.21 Å². The number of anilines is 1. The Balaban J connectivity index is 1.26. The number of nitrogens with one attached hydrogen (secondary N) is 1. The predicted molar refractivity (Wildman–Crippen MR) is 128 cm³/mol. The van der Waals surface area contributed by atoms with Crippen LogP contribution in [0.5, 0.6) is 5.88 Å². The van der Waals surface area contributed by atoms with Gasteiger partial charge in [-0.05, 0) is 30.2 Å². The van der Waals surface area contributed by atoms with E-state index in [1.165, 1.54) is 23.8 Å². The molecule has 39 heavy (non-hydrogen) atoms. The first kappa shape index (κ1) is 25.6. The van der Waals surface area contributed by atoms with Crippen molar-refractivity contribution in [1.82, 2.24) is 34.5 Å². The van der Waals surface area contributed by atoms with Gasteiger partial charge in [-0.15, -0.1) is 10.2 Å². The lowest BCUT2D eigenvalue weighted by Gasteiger charge is -2.46. The van der Waals surface area contributed by atoms with Gasteiger partial charge in [0.2, 0.25) is 11.8 Å². The zero-order valence-electron chi connectivity index (χ0n) is 20.7. The van der Waals surface area contributed by atoms with Gasteiger partial charge in [-0.2, -0.15) is 4.98 Å². The number of nitrogens with zero attached hydrogens (tertiary/aromatic N) is 7. The molecule has 15 heteroatoms. The van der Waals surface area contributed by atoms with Gasteiger partial charge < -0.3 is 10.1 Å². The summed E-state index contributed by atoms with van der Waals surface area (Å²) in [5.74, 6) is -3.18. The molecule has 208 valence electrons. The SMILES string of the molecule is COc1nc(N[C@H]2CCN(C3CC(F)(F)C3)C[C@H]2F)nn2ccc(-c3cc(F)c4nnn(CC(F)F)c4c3)c12. The lowest BCUT2D eigenvalue weighted by atomic mass is 9.85. The third-order valence-electron chi connectivity index (χ3n) is 7.34. The zero-order valence-corrected chi connectivity index (χ0v) is 20.7. The summed E-state index contributed by atoms with van der Waals surface area (Å²) in [4.78, 5) is 6.14. The minimum atomic E-state index is -2.70. The van der Waals surface area contributed by atoms with E-state index in [9.17, 15) is 26.3 Å². The number of likely N-dealkylation sites (tertiary alicyclic amines) is 1. The summed E-state index contributed by atoms with van der Waals surface area (Å²) in [6, 6.07) is 3.42. The highest BCUT2D eigenvalue weighted by molar-refractivity contribution is 5.89. The lowest BCUT2D eigenvalue weighted by Crippen LogP contribution is -2.57. The third kappa shape index (κ3) is 4.72. The first-order valence-corrected chi connectivity index (χ1v) is 12.4. The Kier molecular flexibility index (Phi) is 6.27. The van der Waals surface area contributed by atoms with E-state index in [0.717, 1.165) is 4.68 Å². The Bertz CT molecular complexity index is 1520. The van der Waals surface area contributed by atoms with E-state index in [2.05, 4.69) is 25.7 Å². The number of hydrogen-bond donors (Lipinski definition) is 1. The molecular formula is C24H24F6N8O. The quantitative estimate of drug-likeness (QED) is 0.343. The Morgan fingerprint density at radius 2 is 2.03 bits per heavy atom. The van der Waals surface area contributed by atoms with Gasteiger partial charge in [-0.3, -0.25) is 4.90 Å². The van der Waals surface area contributed by atoms with Crippen molar-refractivity contribution in [2.24, 2.45) is 0 Å². The molecular weight excluding hydrogens is 530 g/mol. The second kappa shape index (κ2) is 9.54. The number of alkyl halides is 5. The first-order chi connectivity index (χ1) is 18.6. The Morgan fingerprint density at radius 1 is 1.23 bits per heavy atom. The van der Waals surface area contributed by atoms with Crippen LogP contribution < -0.4 is 10.1 Å². The lowest BCUT2D eigenvalue weighted by molar-refractivity contribution is -0.131. The van der Waals surface area contributed by atoms with Crippen LogP contribution in [0.15, 0.2) is 24.4 Å². The molecule has 2 atom stereocenters. The summed E-state index contributed by atoms with van der Waals surface area (Å²) in [7, 11) is 1.39. The molecule has 0 unspecified atom stereocenters. The maximum Gasteiger partial charge on any atom is 0.258 e. The molecule has 6 rings (SSSR count). The zero-order chi connectivity index (χ0) is 27.5. The van der Waals surface area contributed by atoms with Gasteiger partial charge in [0.1, 0.15) is 23.7 Å². The summed E-state index contributed by atoms with van der Waals surface area (Å²) >= 11 is 0. The molecule has 9 nitrogen and oxygen atoms in total. The number of fused-ring (bicyclic) bond motifs is 2. The number of piperidine rings is 1. The minimum Gasteiger partial charge on any atom is -0.479 e. The molecule has 1 aromatic carbocycles. The van der Waals surface area contributed by atoms with Gasteiger partial charge in [0.25, 0.3) is 12.3 Å². The number of methoxy groups -OCH3 is 1. The largest absolute Gasteiger partial charge is 0.479 e. The van der Waals surface area contributed by atoms with Crippen molar-refractivity contribution in [2.45, 2.75) is 56.4 Å². The van der Waals surface area contributed by atoms with Crippen LogP contribution in [0, 0.1) is 5.82 Å². The molecule has 1 saturated heterocycles. The fourth-order valence-electron chi connectivity index (χ4n) is 5.35. The number of hydrogen-bond acceptors (Lipinski definition) is 7. The summed E-state index contributed by atoms with van der Waals surface area (Å²) < 4.78 is 90.0. The van der Waals surface area contributed by atoms with Gasteiger partial charge >= 0.3 is 0 Å². The highest BCUT2D eigenvalue weighted by Gasteiger charge is 2.49. The fraction of sp³-hybridized carbons (Fsp3) is 0.500. The van der Waals surface area contributed by atoms with Crippen LogP contribution in [0.4, 0.5) is 32.3 Å². The number of ether oxygens (including phenoxy) is 1. The molecule has 0 amide bonds. The first-order valence-electron chi connectivity index (χ1n) is 12.4. The summed E-state index contributed by atoms with van der Waals surface area (Å²) in [6.07, 6.45) is -2.54. The van der Waals surface area contributed by atoms with Crippen molar-refractivity contribution in [3.8, 4) is 17.0 Å². The number of halogens is 6. The van der Waals surface area contributed by atoms with Crippen molar-refractivity contribution in [3.05, 3.63) is 30.2 Å². The molecule has 1 aliphatic carbocycles. The van der Waals surface area contributed by atoms with Crippen LogP contribution in [0.25, 0.3) is 27.7 Å². The molecule has 4 heterocycles. The summed E-state index contributed by atoms with van der Waals surface area (Å²) in [6.45, 7) is -0.230. The van der Waals surface area contributed by atoms with Crippen molar-refractivity contribution in [1.29, 1.82) is 0 Å². The fourth-order valence-corrected chi connectivity index (χ4v) is 5.35. The molecule has 0 bridgehead atoms. The van der Waals surface area contributed by atoms with Crippen molar-refractivity contribution >= 4 is 22.5 Å². The maximum atomic E-state index is 15.0. The highest BCUT2D eigenvalue weighted by atomic mass is 19.3. The molecule has 1 aliphatic heterocycles. The van der Waals surface area contributed by atoms with Crippen LogP contribution >= 0.6 is 0 Å². The smallest absolute Gasteiger partial charge is 0.258 e. The number of rotatable bonds is 7. The molecule has 0 radical (unpaired) electrons. The predicted octanol–water partition coefficient (Wildman–Crippen LogP) is 4.18. The van der Waals surface area contributed by atoms with Gasteiger partial charge in [0, 0.05) is 43.7 Å². The van der Waals surface area contributed by atoms with Gasteiger partial charge in [0.05, 0.1) is 18.7 Å². The number of aromatic nitrogens is 6. The van der Waals surface area contributed by atoms with Crippen molar-refractivity contribution < 1.29 is 31.1 Å². The number of benzene rings is 1. The molecule has 1 N–H and O–H groups in total. The van der Waals surface area contributed by atoms with Crippen molar-refractivity contribution in [2.75, 3.05) is 25.5 Å². The average Bonchev–Trinajstić information content (AvgIpc) is 3.47. The van der Waals surface area contributed by atoms with Crippen LogP contribution in [-0.2, 0) is 6.54 Å². The van der Waals surface area contributed by atoms with Crippen LogP contribution in [0.1, 0.15) is 19.3 Å². The highest BCUT2D eigenvalue weighted by Crippen LogP contribution is 2.41. The second-order valence-corrected chi connectivity index (χ2v) is 9.92. The minimum absolute atomic E-state index is 0.0382. The van der Waals surface area contributed by atoms with E-state index in [-0.39, 0.29) is 48.3 Å². The maximum absolute atomic E-state index is 15.0. The molecule has 2 aliphatic rings. The average molecular weight is 554 g/mol. The Labute approximate surface area is 217 Å². The monoisotopic (exact) mass is 554 g/mol. The topological polar surface area (TPSA) is 85.4 Å². The van der Waals surface area contributed by atoms with Crippen LogP contribution in [0.3, 0.4) is 0 Å². The molecule has 2 fully saturated rings. The van der Waals surface area contributed by atoms with Crippen molar-refractivity contribution in [3.63, 3.8) is 0 Å². The normalized spacial score (nSPS) is 22.1. The summed E-state index contributed by atoms with van der Waals surface area (Å²) in [5, 5.41) is 14.7.